The number of hydrogen-bond donors (Lipinski definition) is 0. The normalized spacial score (nSPS) is 10.6. The average molecular weight is 286 g/mol. The Balaban J connectivity index is 2.92. The minimum atomic E-state index is -0.123. The number of carbonyl (C=O) groups is 1. The first kappa shape index (κ1) is 10.5. The van der Waals surface area contributed by atoms with Gasteiger partial charge in [-0.15, -0.1) is 0 Å². The van der Waals surface area contributed by atoms with Crippen LogP contribution in [-0.4, -0.2) is 15.8 Å². The number of benzene rings is 1. The van der Waals surface area contributed by atoms with Gasteiger partial charge in [-0.2, -0.15) is 0 Å². The summed E-state index contributed by atoms with van der Waals surface area (Å²) in [7, 11) is 0. The van der Waals surface area contributed by atoms with Gasteiger partial charge in [-0.05, 0) is 33.6 Å². The van der Waals surface area contributed by atoms with Gasteiger partial charge in [0.2, 0.25) is 5.28 Å². The summed E-state index contributed by atoms with van der Waals surface area (Å²) in [5, 5.41) is 0.792. The number of ketones is 1. The summed E-state index contributed by atoms with van der Waals surface area (Å²) in [6.45, 7) is 1.46. The van der Waals surface area contributed by atoms with Gasteiger partial charge in [0, 0.05) is 16.8 Å². The second-order valence-corrected chi connectivity index (χ2v) is 4.23. The molecule has 0 atom stereocenters. The molecule has 2 aromatic rings. The maximum absolute atomic E-state index is 11.4. The van der Waals surface area contributed by atoms with Gasteiger partial charge in [0.25, 0.3) is 0 Å². The van der Waals surface area contributed by atoms with Crippen molar-refractivity contribution in [3.63, 3.8) is 0 Å². The van der Waals surface area contributed by atoms with Crippen LogP contribution in [0.15, 0.2) is 22.7 Å². The van der Waals surface area contributed by atoms with Gasteiger partial charge in [-0.25, -0.2) is 9.97 Å². The van der Waals surface area contributed by atoms with Crippen molar-refractivity contribution in [2.24, 2.45) is 0 Å². The fourth-order valence-electron chi connectivity index (χ4n) is 1.36. The Morgan fingerprint density at radius 3 is 2.80 bits per heavy atom. The summed E-state index contributed by atoms with van der Waals surface area (Å²) in [5.41, 5.74) is 1.01. The molecule has 3 nitrogen and oxygen atoms in total. The highest BCUT2D eigenvalue weighted by molar-refractivity contribution is 9.10. The topological polar surface area (TPSA) is 42.9 Å². The maximum Gasteiger partial charge on any atom is 0.223 e. The van der Waals surface area contributed by atoms with Crippen molar-refractivity contribution in [1.29, 1.82) is 0 Å². The molecule has 1 aromatic carbocycles. The highest BCUT2D eigenvalue weighted by Crippen LogP contribution is 2.25. The SMILES string of the molecule is CC(=O)c1nc(Cl)nc2c(Br)cccc12. The molecular weight excluding hydrogens is 279 g/mol. The minimum Gasteiger partial charge on any atom is -0.293 e. The number of para-hydroxylation sites is 1. The summed E-state index contributed by atoms with van der Waals surface area (Å²) in [6, 6.07) is 5.47. The summed E-state index contributed by atoms with van der Waals surface area (Å²) >= 11 is 9.10. The number of nitrogens with zero attached hydrogens (tertiary/aromatic N) is 2. The van der Waals surface area contributed by atoms with Crippen LogP contribution >= 0.6 is 27.5 Å². The molecular formula is C10H6BrClN2O. The zero-order valence-corrected chi connectivity index (χ0v) is 10.1. The van der Waals surface area contributed by atoms with Crippen LogP contribution in [0.1, 0.15) is 17.4 Å². The molecule has 15 heavy (non-hydrogen) atoms. The maximum atomic E-state index is 11.4. The van der Waals surface area contributed by atoms with Crippen LogP contribution < -0.4 is 0 Å². The first-order valence-electron chi connectivity index (χ1n) is 4.22. The van der Waals surface area contributed by atoms with Gasteiger partial charge in [0.05, 0.1) is 5.52 Å². The molecule has 0 unspecified atom stereocenters. The highest BCUT2D eigenvalue weighted by Gasteiger charge is 2.11. The molecule has 0 aliphatic heterocycles. The lowest BCUT2D eigenvalue weighted by atomic mass is 10.1. The summed E-state index contributed by atoms with van der Waals surface area (Å²) in [5.74, 6) is -0.123. The number of aromatic nitrogens is 2. The van der Waals surface area contributed by atoms with Crippen molar-refractivity contribution in [1.82, 2.24) is 9.97 Å². The van der Waals surface area contributed by atoms with Gasteiger partial charge < -0.3 is 0 Å². The molecule has 76 valence electrons. The van der Waals surface area contributed by atoms with E-state index in [2.05, 4.69) is 25.9 Å². The Kier molecular flexibility index (Phi) is 2.71. The third-order valence-electron chi connectivity index (χ3n) is 1.98. The molecule has 0 spiro atoms. The average Bonchev–Trinajstić information content (AvgIpc) is 2.18. The van der Waals surface area contributed by atoms with Crippen LogP contribution in [0.3, 0.4) is 0 Å². The number of hydrogen-bond acceptors (Lipinski definition) is 3. The van der Waals surface area contributed by atoms with E-state index in [1.54, 1.807) is 6.07 Å². The van der Waals surface area contributed by atoms with E-state index in [0.717, 1.165) is 4.47 Å². The molecule has 0 bridgehead atoms. The van der Waals surface area contributed by atoms with Gasteiger partial charge in [-0.1, -0.05) is 12.1 Å². The van der Waals surface area contributed by atoms with E-state index in [-0.39, 0.29) is 11.1 Å². The van der Waals surface area contributed by atoms with Crippen molar-refractivity contribution in [3.05, 3.63) is 33.6 Å². The van der Waals surface area contributed by atoms with E-state index < -0.39 is 0 Å². The second-order valence-electron chi connectivity index (χ2n) is 3.03. The van der Waals surface area contributed by atoms with Crippen LogP contribution in [0.2, 0.25) is 5.28 Å². The number of rotatable bonds is 1. The van der Waals surface area contributed by atoms with E-state index in [0.29, 0.717) is 16.6 Å². The number of Topliss-reactive ketones (excluding diaryl/α,β-unsaturated/α-hetero) is 1. The van der Waals surface area contributed by atoms with E-state index in [4.69, 9.17) is 11.6 Å². The predicted octanol–water partition coefficient (Wildman–Crippen LogP) is 3.25. The second kappa shape index (κ2) is 3.87. The highest BCUT2D eigenvalue weighted by atomic mass is 79.9. The Labute approximate surface area is 99.6 Å². The molecule has 0 aliphatic carbocycles. The third-order valence-corrected chi connectivity index (χ3v) is 2.79. The summed E-state index contributed by atoms with van der Waals surface area (Å²) in [6.07, 6.45) is 0. The zero-order valence-electron chi connectivity index (χ0n) is 7.79. The minimum absolute atomic E-state index is 0.0830. The summed E-state index contributed by atoms with van der Waals surface area (Å²) in [4.78, 5) is 19.4. The van der Waals surface area contributed by atoms with E-state index >= 15 is 0 Å². The van der Waals surface area contributed by atoms with Crippen LogP contribution in [0.5, 0.6) is 0 Å². The Morgan fingerprint density at radius 1 is 1.40 bits per heavy atom. The van der Waals surface area contributed by atoms with Crippen LogP contribution in [-0.2, 0) is 0 Å². The predicted molar refractivity (Wildman–Crippen MR) is 62.3 cm³/mol. The van der Waals surface area contributed by atoms with Crippen LogP contribution in [0.4, 0.5) is 0 Å². The summed E-state index contributed by atoms with van der Waals surface area (Å²) < 4.78 is 0.798. The van der Waals surface area contributed by atoms with Crippen molar-refractivity contribution < 1.29 is 4.79 Å². The molecule has 1 aromatic heterocycles. The molecule has 0 N–H and O–H groups in total. The number of fused-ring (bicyclic) bond motifs is 1. The largest absolute Gasteiger partial charge is 0.293 e. The smallest absolute Gasteiger partial charge is 0.223 e. The molecule has 0 saturated heterocycles. The molecule has 2 rings (SSSR count). The van der Waals surface area contributed by atoms with E-state index in [1.807, 2.05) is 12.1 Å². The van der Waals surface area contributed by atoms with Crippen molar-refractivity contribution >= 4 is 44.2 Å². The molecule has 0 amide bonds. The lowest BCUT2D eigenvalue weighted by molar-refractivity contribution is 0.101. The van der Waals surface area contributed by atoms with Gasteiger partial charge in [0.15, 0.2) is 5.78 Å². The van der Waals surface area contributed by atoms with Crippen molar-refractivity contribution in [2.75, 3.05) is 0 Å². The van der Waals surface area contributed by atoms with Crippen LogP contribution in [0.25, 0.3) is 10.9 Å². The lowest BCUT2D eigenvalue weighted by Crippen LogP contribution is -2.00. The fourth-order valence-corrected chi connectivity index (χ4v) is 1.98. The Morgan fingerprint density at radius 2 is 2.13 bits per heavy atom. The molecule has 5 heteroatoms. The van der Waals surface area contributed by atoms with E-state index in [1.165, 1.54) is 6.92 Å². The van der Waals surface area contributed by atoms with Gasteiger partial charge in [0.1, 0.15) is 5.69 Å². The quantitative estimate of drug-likeness (QED) is 0.597. The third kappa shape index (κ3) is 1.87. The number of halogens is 2. The molecule has 0 fully saturated rings. The fraction of sp³-hybridized carbons (Fsp3) is 0.100. The monoisotopic (exact) mass is 284 g/mol. The van der Waals surface area contributed by atoms with Crippen LogP contribution in [0, 0.1) is 0 Å². The Bertz CT molecular complexity index is 556. The molecule has 0 saturated carbocycles. The number of carbonyl (C=O) groups excluding carboxylic acids is 1. The van der Waals surface area contributed by atoms with Gasteiger partial charge >= 0.3 is 0 Å². The zero-order chi connectivity index (χ0) is 11.0. The standard InChI is InChI=1S/C10H6BrClN2O/c1-5(15)8-6-3-2-4-7(11)9(6)14-10(12)13-8/h2-4H,1H3. The Hall–Kier alpha value is -1.00. The molecule has 0 aliphatic rings. The lowest BCUT2D eigenvalue weighted by Gasteiger charge is -2.03. The molecule has 1 heterocycles. The van der Waals surface area contributed by atoms with Gasteiger partial charge in [-0.3, -0.25) is 4.79 Å². The van der Waals surface area contributed by atoms with E-state index in [9.17, 15) is 4.79 Å². The molecule has 0 radical (unpaired) electrons. The van der Waals surface area contributed by atoms with Crippen molar-refractivity contribution in [3.8, 4) is 0 Å². The first-order valence-corrected chi connectivity index (χ1v) is 5.39. The first-order chi connectivity index (χ1) is 7.09. The van der Waals surface area contributed by atoms with Crippen molar-refractivity contribution in [2.45, 2.75) is 6.92 Å².